The molecule has 0 aliphatic heterocycles. The largest absolute Gasteiger partial charge is 0.460 e. The average Bonchev–Trinajstić information content (AvgIpc) is 3.71. The molecule has 0 saturated heterocycles. The number of nitrogens with zero attached hydrogens (tertiary/aromatic N) is 2. The molecule has 0 unspecified atom stereocenters. The van der Waals surface area contributed by atoms with E-state index in [0.717, 1.165) is 44.9 Å². The number of aldehydes is 1. The minimum atomic E-state index is -1.78. The van der Waals surface area contributed by atoms with Crippen LogP contribution in [0.2, 0.25) is 0 Å². The summed E-state index contributed by atoms with van der Waals surface area (Å²) in [5, 5.41) is 15.1. The first-order valence-corrected chi connectivity index (χ1v) is 14.5. The molecular weight excluding hydrogens is 524 g/mol. The van der Waals surface area contributed by atoms with Gasteiger partial charge in [0.25, 0.3) is 0 Å². The van der Waals surface area contributed by atoms with Crippen molar-refractivity contribution in [2.75, 3.05) is 13.6 Å². The van der Waals surface area contributed by atoms with E-state index in [1.807, 2.05) is 22.9 Å². The van der Waals surface area contributed by atoms with Crippen molar-refractivity contribution in [3.05, 3.63) is 79.1 Å². The van der Waals surface area contributed by atoms with Gasteiger partial charge in [-0.05, 0) is 86.8 Å². The Bertz CT molecular complexity index is 1400. The Hall–Kier alpha value is -3.05. The summed E-state index contributed by atoms with van der Waals surface area (Å²) in [6, 6.07) is 12.5. The van der Waals surface area contributed by atoms with E-state index >= 15 is 0 Å². The number of hydrogen-bond acceptors (Lipinski definition) is 9. The highest BCUT2D eigenvalue weighted by Crippen LogP contribution is 2.38. The van der Waals surface area contributed by atoms with Crippen LogP contribution in [0.15, 0.2) is 62.4 Å². The second-order valence-corrected chi connectivity index (χ2v) is 11.6. The summed E-state index contributed by atoms with van der Waals surface area (Å²) in [6.45, 7) is 1.32. The van der Waals surface area contributed by atoms with Gasteiger partial charge in [-0.15, -0.1) is 22.7 Å². The van der Waals surface area contributed by atoms with Crippen LogP contribution in [0.25, 0.3) is 11.1 Å². The zero-order chi connectivity index (χ0) is 26.7. The smallest absolute Gasteiger partial charge is 0.419 e. The molecule has 200 valence electrons. The molecule has 1 aliphatic rings. The number of ether oxygens (including phenoxy) is 1. The van der Waals surface area contributed by atoms with Gasteiger partial charge in [0.2, 0.25) is 5.60 Å². The summed E-state index contributed by atoms with van der Waals surface area (Å²) in [7, 11) is 2.08. The number of aromatic nitrogens is 1. The van der Waals surface area contributed by atoms with Gasteiger partial charge in [0.1, 0.15) is 12.4 Å². The predicted octanol–water partition coefficient (Wildman–Crippen LogP) is 4.64. The van der Waals surface area contributed by atoms with Crippen molar-refractivity contribution < 1.29 is 23.8 Å². The lowest BCUT2D eigenvalue weighted by atomic mass is 9.91. The summed E-state index contributed by atoms with van der Waals surface area (Å²) in [5.74, 6) is -1.03. The molecule has 0 spiro atoms. The van der Waals surface area contributed by atoms with Gasteiger partial charge in [0, 0.05) is 18.2 Å². The summed E-state index contributed by atoms with van der Waals surface area (Å²) in [4.78, 5) is 39.9. The van der Waals surface area contributed by atoms with Gasteiger partial charge in [0.15, 0.2) is 5.58 Å². The van der Waals surface area contributed by atoms with Crippen LogP contribution in [0.4, 0.5) is 0 Å². The first-order chi connectivity index (χ1) is 18.4. The molecule has 0 atom stereocenters. The molecule has 1 N–H and O–H groups in total. The third-order valence-electron chi connectivity index (χ3n) is 7.31. The molecule has 3 aromatic heterocycles. The zero-order valence-electron chi connectivity index (χ0n) is 21.1. The van der Waals surface area contributed by atoms with Crippen molar-refractivity contribution >= 4 is 46.0 Å². The molecule has 1 aliphatic carbocycles. The Morgan fingerprint density at radius 1 is 1.16 bits per heavy atom. The van der Waals surface area contributed by atoms with Crippen LogP contribution in [0, 0.1) is 0 Å². The van der Waals surface area contributed by atoms with Gasteiger partial charge in [-0.2, -0.15) is 0 Å². The fourth-order valence-electron chi connectivity index (χ4n) is 5.16. The molecule has 1 saturated carbocycles. The van der Waals surface area contributed by atoms with Crippen molar-refractivity contribution in [2.45, 2.75) is 56.4 Å². The zero-order valence-corrected chi connectivity index (χ0v) is 22.7. The molecule has 3 heterocycles. The van der Waals surface area contributed by atoms with Crippen LogP contribution in [-0.2, 0) is 21.7 Å². The number of benzene rings is 1. The normalized spacial score (nSPS) is 18.2. The third kappa shape index (κ3) is 5.26. The summed E-state index contributed by atoms with van der Waals surface area (Å²) in [5.41, 5.74) is -0.191. The maximum absolute atomic E-state index is 13.2. The molecule has 5 rings (SSSR count). The van der Waals surface area contributed by atoms with Gasteiger partial charge in [-0.3, -0.25) is 9.36 Å². The van der Waals surface area contributed by atoms with E-state index in [4.69, 9.17) is 9.15 Å². The number of thiophene rings is 2. The molecule has 0 amide bonds. The van der Waals surface area contributed by atoms with Crippen molar-refractivity contribution in [1.82, 2.24) is 9.47 Å². The molecule has 0 bridgehead atoms. The van der Waals surface area contributed by atoms with Crippen LogP contribution < -0.4 is 5.76 Å². The molecule has 1 fully saturated rings. The van der Waals surface area contributed by atoms with Gasteiger partial charge in [-0.25, -0.2) is 9.59 Å². The second-order valence-electron chi connectivity index (χ2n) is 9.70. The lowest BCUT2D eigenvalue weighted by molar-refractivity contribution is -0.169. The summed E-state index contributed by atoms with van der Waals surface area (Å²) in [6.07, 6.45) is 4.50. The Morgan fingerprint density at radius 3 is 2.45 bits per heavy atom. The minimum Gasteiger partial charge on any atom is -0.460 e. The molecule has 38 heavy (non-hydrogen) atoms. The third-order valence-corrected chi connectivity index (χ3v) is 9.27. The fourth-order valence-corrected chi connectivity index (χ4v) is 6.87. The van der Waals surface area contributed by atoms with Crippen LogP contribution in [0.5, 0.6) is 0 Å². The number of carbonyl (C=O) groups excluding carboxylic acids is 2. The summed E-state index contributed by atoms with van der Waals surface area (Å²) >= 11 is 2.68. The molecule has 8 nitrogen and oxygen atoms in total. The van der Waals surface area contributed by atoms with Gasteiger partial charge >= 0.3 is 11.7 Å². The van der Waals surface area contributed by atoms with Crippen LogP contribution in [0.1, 0.15) is 52.2 Å². The lowest BCUT2D eigenvalue weighted by Gasteiger charge is -2.35. The number of aliphatic hydroxyl groups is 1. The van der Waals surface area contributed by atoms with Gasteiger partial charge in [-0.1, -0.05) is 12.1 Å². The van der Waals surface area contributed by atoms with E-state index in [-0.39, 0.29) is 6.10 Å². The quantitative estimate of drug-likeness (QED) is 0.225. The number of carbonyl (C=O) groups is 2. The van der Waals surface area contributed by atoms with Gasteiger partial charge < -0.3 is 19.2 Å². The highest BCUT2D eigenvalue weighted by atomic mass is 32.1. The van der Waals surface area contributed by atoms with E-state index in [2.05, 4.69) is 11.9 Å². The fraction of sp³-hybridized carbons (Fsp3) is 0.393. The number of rotatable bonds is 10. The Morgan fingerprint density at radius 2 is 1.84 bits per heavy atom. The van der Waals surface area contributed by atoms with E-state index in [9.17, 15) is 19.5 Å². The predicted molar refractivity (Wildman–Crippen MR) is 147 cm³/mol. The van der Waals surface area contributed by atoms with Crippen molar-refractivity contribution in [2.24, 2.45) is 0 Å². The van der Waals surface area contributed by atoms with Gasteiger partial charge in [0.05, 0.1) is 15.3 Å². The Balaban J connectivity index is 1.13. The Labute approximate surface area is 228 Å². The van der Waals surface area contributed by atoms with Crippen LogP contribution in [-0.4, -0.2) is 52.6 Å². The highest BCUT2D eigenvalue weighted by Gasteiger charge is 2.45. The average molecular weight is 555 g/mol. The number of fused-ring (bicyclic) bond motifs is 1. The van der Waals surface area contributed by atoms with E-state index in [1.54, 1.807) is 34.9 Å². The molecule has 0 radical (unpaired) electrons. The molecule has 4 aromatic rings. The molecule has 10 heteroatoms. The first-order valence-electron chi connectivity index (χ1n) is 12.7. The topological polar surface area (TPSA) is 102 Å². The number of esters is 1. The van der Waals surface area contributed by atoms with E-state index in [0.29, 0.717) is 39.0 Å². The van der Waals surface area contributed by atoms with Crippen molar-refractivity contribution in [1.29, 1.82) is 0 Å². The number of oxazole rings is 1. The van der Waals surface area contributed by atoms with Crippen molar-refractivity contribution in [3.63, 3.8) is 0 Å². The second kappa shape index (κ2) is 11.4. The van der Waals surface area contributed by atoms with E-state index in [1.165, 1.54) is 22.7 Å². The number of aryl methyl sites for hydroxylation is 1. The molecule has 1 aromatic carbocycles. The van der Waals surface area contributed by atoms with Crippen molar-refractivity contribution in [3.8, 4) is 0 Å². The van der Waals surface area contributed by atoms with Crippen LogP contribution in [0.3, 0.4) is 0 Å². The standard InChI is InChI=1S/C28H30N2O6S2/c1-29(13-4-14-30-22-12-7-19(18-31)17-23(22)36-27(30)33)20-8-10-21(11-9-20)35-26(32)28(34,24-5-2-15-37-24)25-6-3-16-38-25/h2-3,5-7,12,15-18,20-21,34H,4,8-11,13-14H2,1H3. The maximum Gasteiger partial charge on any atom is 0.419 e. The Kier molecular flexibility index (Phi) is 7.94. The minimum absolute atomic E-state index is 0.231. The SMILES string of the molecule is CN(CCCn1c(=O)oc2cc(C=O)ccc21)C1CCC(OC(=O)C(O)(c2cccs2)c2cccs2)CC1. The lowest BCUT2D eigenvalue weighted by Crippen LogP contribution is -2.42. The maximum atomic E-state index is 13.2. The monoisotopic (exact) mass is 554 g/mol. The summed E-state index contributed by atoms with van der Waals surface area (Å²) < 4.78 is 12.8. The number of hydrogen-bond donors (Lipinski definition) is 1. The highest BCUT2D eigenvalue weighted by molar-refractivity contribution is 7.12. The first kappa shape index (κ1) is 26.6. The molecular formula is C28H30N2O6S2. The van der Waals surface area contributed by atoms with E-state index < -0.39 is 17.3 Å². The van der Waals surface area contributed by atoms with Crippen LogP contribution >= 0.6 is 22.7 Å².